The summed E-state index contributed by atoms with van der Waals surface area (Å²) in [5, 5.41) is 9.54. The Balaban J connectivity index is 3.13. The second kappa shape index (κ2) is 5.51. The van der Waals surface area contributed by atoms with Crippen LogP contribution in [0.4, 0.5) is 0 Å². The highest BCUT2D eigenvalue weighted by Gasteiger charge is 2.12. The van der Waals surface area contributed by atoms with Gasteiger partial charge in [-0.3, -0.25) is 4.79 Å². The fraction of sp³-hybridized carbons (Fsp3) is 0.417. The first-order chi connectivity index (χ1) is 7.60. The van der Waals surface area contributed by atoms with Crippen LogP contribution in [0.5, 0.6) is 11.5 Å². The maximum Gasteiger partial charge on any atom is 0.188 e. The molecule has 0 bridgehead atoms. The standard InChI is InChI=1S/C12H16O4/c1-8(2)10-4-9(6-13)11(14)5-12(10)16-7-15-3/h4-6,8,14H,7H2,1-3H3. The second-order valence-electron chi connectivity index (χ2n) is 3.77. The minimum absolute atomic E-state index is 0.0782. The summed E-state index contributed by atoms with van der Waals surface area (Å²) in [5.41, 5.74) is 1.14. The average Bonchev–Trinajstić information content (AvgIpc) is 2.25. The van der Waals surface area contributed by atoms with Crippen LogP contribution in [0.15, 0.2) is 12.1 Å². The van der Waals surface area contributed by atoms with E-state index in [1.54, 1.807) is 6.07 Å². The Morgan fingerprint density at radius 1 is 1.44 bits per heavy atom. The van der Waals surface area contributed by atoms with Gasteiger partial charge in [0.1, 0.15) is 11.5 Å². The predicted molar refractivity (Wildman–Crippen MR) is 60.1 cm³/mol. The molecule has 0 heterocycles. The molecule has 1 aromatic carbocycles. The molecule has 1 N–H and O–H groups in total. The van der Waals surface area contributed by atoms with Crippen molar-refractivity contribution in [3.05, 3.63) is 23.3 Å². The van der Waals surface area contributed by atoms with E-state index in [1.807, 2.05) is 13.8 Å². The SMILES string of the molecule is COCOc1cc(O)c(C=O)cc1C(C)C. The van der Waals surface area contributed by atoms with Gasteiger partial charge in [-0.2, -0.15) is 0 Å². The van der Waals surface area contributed by atoms with Crippen LogP contribution < -0.4 is 4.74 Å². The minimum atomic E-state index is -0.0782. The fourth-order valence-electron chi connectivity index (χ4n) is 1.40. The Hall–Kier alpha value is -1.55. The first kappa shape index (κ1) is 12.5. The third-order valence-electron chi connectivity index (χ3n) is 2.24. The van der Waals surface area contributed by atoms with Gasteiger partial charge in [-0.05, 0) is 17.5 Å². The zero-order valence-electron chi connectivity index (χ0n) is 9.69. The highest BCUT2D eigenvalue weighted by molar-refractivity contribution is 5.80. The number of phenolic OH excluding ortho intramolecular Hbond substituents is 1. The Kier molecular flexibility index (Phi) is 4.31. The molecule has 0 radical (unpaired) electrons. The zero-order valence-corrected chi connectivity index (χ0v) is 9.69. The number of phenols is 1. The van der Waals surface area contributed by atoms with Crippen molar-refractivity contribution in [1.29, 1.82) is 0 Å². The molecule has 0 aromatic heterocycles. The monoisotopic (exact) mass is 224 g/mol. The lowest BCUT2D eigenvalue weighted by Crippen LogP contribution is -2.03. The van der Waals surface area contributed by atoms with Crippen molar-refractivity contribution in [2.45, 2.75) is 19.8 Å². The van der Waals surface area contributed by atoms with Crippen LogP contribution in [0.2, 0.25) is 0 Å². The lowest BCUT2D eigenvalue weighted by atomic mass is 9.99. The van der Waals surface area contributed by atoms with Crippen LogP contribution in [-0.4, -0.2) is 25.3 Å². The van der Waals surface area contributed by atoms with Crippen molar-refractivity contribution < 1.29 is 19.4 Å². The van der Waals surface area contributed by atoms with E-state index in [4.69, 9.17) is 9.47 Å². The fourth-order valence-corrected chi connectivity index (χ4v) is 1.40. The Bertz CT molecular complexity index is 372. The Morgan fingerprint density at radius 2 is 2.12 bits per heavy atom. The molecule has 0 aliphatic rings. The summed E-state index contributed by atoms with van der Waals surface area (Å²) in [4.78, 5) is 10.7. The van der Waals surface area contributed by atoms with Crippen molar-refractivity contribution in [2.75, 3.05) is 13.9 Å². The van der Waals surface area contributed by atoms with Gasteiger partial charge in [-0.25, -0.2) is 0 Å². The molecule has 88 valence electrons. The molecule has 0 atom stereocenters. The van der Waals surface area contributed by atoms with E-state index in [0.717, 1.165) is 5.56 Å². The van der Waals surface area contributed by atoms with Crippen molar-refractivity contribution in [3.8, 4) is 11.5 Å². The lowest BCUT2D eigenvalue weighted by molar-refractivity contribution is 0.0501. The van der Waals surface area contributed by atoms with Crippen LogP contribution in [-0.2, 0) is 4.74 Å². The smallest absolute Gasteiger partial charge is 0.188 e. The molecule has 0 unspecified atom stereocenters. The number of hydrogen-bond acceptors (Lipinski definition) is 4. The summed E-state index contributed by atoms with van der Waals surface area (Å²) >= 11 is 0. The molecule has 4 nitrogen and oxygen atoms in total. The molecule has 0 aliphatic heterocycles. The van der Waals surface area contributed by atoms with Gasteiger partial charge in [0.05, 0.1) is 5.56 Å². The minimum Gasteiger partial charge on any atom is -0.507 e. The van der Waals surface area contributed by atoms with Gasteiger partial charge in [-0.15, -0.1) is 0 Å². The summed E-state index contributed by atoms with van der Waals surface area (Å²) in [5.74, 6) is 0.664. The number of carbonyl (C=O) groups excluding carboxylic acids is 1. The van der Waals surface area contributed by atoms with Gasteiger partial charge < -0.3 is 14.6 Å². The molecule has 0 spiro atoms. The van der Waals surface area contributed by atoms with Gasteiger partial charge in [0.2, 0.25) is 0 Å². The number of benzene rings is 1. The van der Waals surface area contributed by atoms with Crippen LogP contribution in [0.25, 0.3) is 0 Å². The van der Waals surface area contributed by atoms with Gasteiger partial charge >= 0.3 is 0 Å². The van der Waals surface area contributed by atoms with Crippen LogP contribution in [0.3, 0.4) is 0 Å². The third-order valence-corrected chi connectivity index (χ3v) is 2.24. The summed E-state index contributed by atoms with van der Waals surface area (Å²) < 4.78 is 10.1. The number of carbonyl (C=O) groups is 1. The molecule has 1 aromatic rings. The van der Waals surface area contributed by atoms with E-state index in [1.165, 1.54) is 13.2 Å². The number of aromatic hydroxyl groups is 1. The van der Waals surface area contributed by atoms with E-state index in [0.29, 0.717) is 12.0 Å². The van der Waals surface area contributed by atoms with E-state index in [2.05, 4.69) is 0 Å². The molecule has 0 saturated carbocycles. The van der Waals surface area contributed by atoms with E-state index in [9.17, 15) is 9.90 Å². The predicted octanol–water partition coefficient (Wildman–Crippen LogP) is 2.31. The molecule has 1 rings (SSSR count). The number of hydrogen-bond donors (Lipinski definition) is 1. The highest BCUT2D eigenvalue weighted by Crippen LogP contribution is 2.32. The highest BCUT2D eigenvalue weighted by atomic mass is 16.7. The lowest BCUT2D eigenvalue weighted by Gasteiger charge is -2.14. The molecule has 0 fully saturated rings. The zero-order chi connectivity index (χ0) is 12.1. The number of aldehydes is 1. The first-order valence-electron chi connectivity index (χ1n) is 5.04. The van der Waals surface area contributed by atoms with Gasteiger partial charge in [0.25, 0.3) is 0 Å². The van der Waals surface area contributed by atoms with Crippen molar-refractivity contribution in [3.63, 3.8) is 0 Å². The average molecular weight is 224 g/mol. The molecular formula is C12H16O4. The van der Waals surface area contributed by atoms with Crippen LogP contribution >= 0.6 is 0 Å². The van der Waals surface area contributed by atoms with E-state index < -0.39 is 0 Å². The Morgan fingerprint density at radius 3 is 2.62 bits per heavy atom. The van der Waals surface area contributed by atoms with Crippen molar-refractivity contribution in [2.24, 2.45) is 0 Å². The number of ether oxygens (including phenoxy) is 2. The topological polar surface area (TPSA) is 55.8 Å². The Labute approximate surface area is 94.8 Å². The normalized spacial score (nSPS) is 10.5. The van der Waals surface area contributed by atoms with Crippen molar-refractivity contribution >= 4 is 6.29 Å². The molecular weight excluding hydrogens is 208 g/mol. The van der Waals surface area contributed by atoms with Gasteiger partial charge in [-0.1, -0.05) is 13.8 Å². The third kappa shape index (κ3) is 2.73. The first-order valence-corrected chi connectivity index (χ1v) is 5.04. The summed E-state index contributed by atoms with van der Waals surface area (Å²) in [6.07, 6.45) is 0.626. The van der Waals surface area contributed by atoms with Crippen LogP contribution in [0.1, 0.15) is 35.7 Å². The number of rotatable bonds is 5. The van der Waals surface area contributed by atoms with Gasteiger partial charge in [0, 0.05) is 13.2 Å². The maximum absolute atomic E-state index is 10.7. The molecule has 0 amide bonds. The summed E-state index contributed by atoms with van der Waals surface area (Å²) in [7, 11) is 1.52. The molecule has 16 heavy (non-hydrogen) atoms. The largest absolute Gasteiger partial charge is 0.507 e. The summed E-state index contributed by atoms with van der Waals surface area (Å²) in [6.45, 7) is 4.08. The second-order valence-corrected chi connectivity index (χ2v) is 3.77. The maximum atomic E-state index is 10.7. The quantitative estimate of drug-likeness (QED) is 0.616. The summed E-state index contributed by atoms with van der Waals surface area (Å²) in [6, 6.07) is 3.08. The van der Waals surface area contributed by atoms with Crippen LogP contribution in [0, 0.1) is 0 Å². The van der Waals surface area contributed by atoms with Crippen molar-refractivity contribution in [1.82, 2.24) is 0 Å². The molecule has 0 aliphatic carbocycles. The molecule has 0 saturated heterocycles. The van der Waals surface area contributed by atoms with E-state index >= 15 is 0 Å². The van der Waals surface area contributed by atoms with Gasteiger partial charge in [0.15, 0.2) is 13.1 Å². The number of methoxy groups -OCH3 is 1. The molecule has 4 heteroatoms. The van der Waals surface area contributed by atoms with E-state index in [-0.39, 0.29) is 24.0 Å².